The van der Waals surface area contributed by atoms with Crippen LogP contribution >= 0.6 is 0 Å². The number of hydrogen-bond acceptors (Lipinski definition) is 5. The lowest BCUT2D eigenvalue weighted by Gasteiger charge is -2.39. The number of carbonyl (C=O) groups is 1. The molecular formula is C23H23N3O4. The molecule has 2 aromatic carbocycles. The molecule has 154 valence electrons. The van der Waals surface area contributed by atoms with Gasteiger partial charge in [0.25, 0.3) is 0 Å². The molecule has 2 saturated heterocycles. The highest BCUT2D eigenvalue weighted by molar-refractivity contribution is 6.00. The molecule has 2 fully saturated rings. The third kappa shape index (κ3) is 3.81. The van der Waals surface area contributed by atoms with Gasteiger partial charge in [-0.1, -0.05) is 18.2 Å². The van der Waals surface area contributed by atoms with Crippen molar-refractivity contribution in [3.8, 4) is 11.5 Å². The molecule has 0 bridgehead atoms. The van der Waals surface area contributed by atoms with Crippen LogP contribution in [0.2, 0.25) is 0 Å². The molecule has 7 nitrogen and oxygen atoms in total. The number of hydrogen-bond donors (Lipinski definition) is 1. The number of urea groups is 1. The molecule has 7 heteroatoms. The van der Waals surface area contributed by atoms with Crippen LogP contribution in [0.15, 0.2) is 60.8 Å². The Labute approximate surface area is 174 Å². The van der Waals surface area contributed by atoms with Crippen LogP contribution in [0.1, 0.15) is 6.42 Å². The van der Waals surface area contributed by atoms with E-state index in [-0.39, 0.29) is 11.6 Å². The summed E-state index contributed by atoms with van der Waals surface area (Å²) < 4.78 is 17.4. The number of anilines is 1. The maximum atomic E-state index is 13.0. The maximum Gasteiger partial charge on any atom is 0.322 e. The number of rotatable bonds is 3. The lowest BCUT2D eigenvalue weighted by molar-refractivity contribution is -0.0964. The van der Waals surface area contributed by atoms with E-state index in [2.05, 4.69) is 10.3 Å². The Kier molecular flexibility index (Phi) is 4.98. The number of nitrogens with zero attached hydrogens (tertiary/aromatic N) is 2. The lowest BCUT2D eigenvalue weighted by Crippen LogP contribution is -2.55. The van der Waals surface area contributed by atoms with Crippen molar-refractivity contribution >= 4 is 22.6 Å². The maximum absolute atomic E-state index is 13.0. The highest BCUT2D eigenvalue weighted by atomic mass is 16.6. The van der Waals surface area contributed by atoms with Gasteiger partial charge in [-0.05, 0) is 36.4 Å². The first-order valence-corrected chi connectivity index (χ1v) is 10.1. The summed E-state index contributed by atoms with van der Waals surface area (Å²) in [5, 5.41) is 3.87. The Morgan fingerprint density at radius 2 is 2.00 bits per heavy atom. The van der Waals surface area contributed by atoms with Gasteiger partial charge in [-0.2, -0.15) is 0 Å². The number of nitrogens with one attached hydrogen (secondary N) is 1. The molecule has 3 aromatic rings. The molecule has 3 heterocycles. The predicted molar refractivity (Wildman–Crippen MR) is 113 cm³/mol. The summed E-state index contributed by atoms with van der Waals surface area (Å²) in [6.07, 6.45) is 2.51. The van der Waals surface area contributed by atoms with Crippen LogP contribution in [0.4, 0.5) is 10.5 Å². The van der Waals surface area contributed by atoms with Gasteiger partial charge in [0, 0.05) is 31.2 Å². The zero-order valence-corrected chi connectivity index (χ0v) is 16.5. The van der Waals surface area contributed by atoms with Gasteiger partial charge in [0.05, 0.1) is 31.0 Å². The largest absolute Gasteiger partial charge is 0.457 e. The van der Waals surface area contributed by atoms with Crippen molar-refractivity contribution in [1.82, 2.24) is 9.88 Å². The van der Waals surface area contributed by atoms with E-state index in [1.165, 1.54) is 0 Å². The molecule has 1 atom stereocenters. The summed E-state index contributed by atoms with van der Waals surface area (Å²) in [7, 11) is 0. The quantitative estimate of drug-likeness (QED) is 0.712. The normalized spacial score (nSPS) is 21.1. The Bertz CT molecular complexity index is 1050. The molecule has 0 saturated carbocycles. The van der Waals surface area contributed by atoms with Gasteiger partial charge in [0.2, 0.25) is 0 Å². The van der Waals surface area contributed by atoms with Crippen LogP contribution in [0.3, 0.4) is 0 Å². The topological polar surface area (TPSA) is 72.9 Å². The van der Waals surface area contributed by atoms with Crippen LogP contribution < -0.4 is 10.1 Å². The van der Waals surface area contributed by atoms with Gasteiger partial charge < -0.3 is 24.4 Å². The first kappa shape index (κ1) is 18.8. The minimum absolute atomic E-state index is 0.147. The van der Waals surface area contributed by atoms with Gasteiger partial charge >= 0.3 is 6.03 Å². The summed E-state index contributed by atoms with van der Waals surface area (Å²) in [5.74, 6) is 1.44. The molecule has 1 spiro atoms. The summed E-state index contributed by atoms with van der Waals surface area (Å²) in [6.45, 7) is 2.82. The van der Waals surface area contributed by atoms with Gasteiger partial charge in [-0.3, -0.25) is 4.98 Å². The molecule has 0 aliphatic carbocycles. The number of benzene rings is 2. The third-order valence-electron chi connectivity index (χ3n) is 5.54. The smallest absolute Gasteiger partial charge is 0.322 e. The standard InChI is InChI=1S/C23H23N3O4/c27-22(26-11-13-29-23(15-26)9-12-28-16-23)25-21-8-10-24-20-7-6-18(14-19(20)21)30-17-4-2-1-3-5-17/h1-8,10,14H,9,11-13,15-16H2,(H,24,25,27). The van der Waals surface area contributed by atoms with Gasteiger partial charge in [-0.15, -0.1) is 0 Å². The van der Waals surface area contributed by atoms with Gasteiger partial charge in [-0.25, -0.2) is 4.79 Å². The zero-order valence-electron chi connectivity index (χ0n) is 16.5. The SMILES string of the molecule is O=C(Nc1ccnc2ccc(Oc3ccccc3)cc12)N1CCOC2(CCOC2)C1. The van der Waals surface area contributed by atoms with E-state index in [4.69, 9.17) is 14.2 Å². The molecule has 2 amide bonds. The minimum Gasteiger partial charge on any atom is -0.457 e. The van der Waals surface area contributed by atoms with E-state index < -0.39 is 0 Å². The number of amides is 2. The Hall–Kier alpha value is -3.16. The fraction of sp³-hybridized carbons (Fsp3) is 0.304. The molecule has 0 radical (unpaired) electrons. The van der Waals surface area contributed by atoms with E-state index in [0.717, 1.165) is 23.1 Å². The first-order valence-electron chi connectivity index (χ1n) is 10.1. The Morgan fingerprint density at radius 3 is 2.83 bits per heavy atom. The van der Waals surface area contributed by atoms with Crippen LogP contribution in [0, 0.1) is 0 Å². The second kappa shape index (κ2) is 7.93. The minimum atomic E-state index is -0.368. The number of fused-ring (bicyclic) bond motifs is 1. The summed E-state index contributed by atoms with van der Waals surface area (Å²) >= 11 is 0. The average Bonchev–Trinajstić information content (AvgIpc) is 3.22. The lowest BCUT2D eigenvalue weighted by atomic mass is 10.0. The number of pyridine rings is 1. The van der Waals surface area contributed by atoms with Crippen molar-refractivity contribution in [3.05, 3.63) is 60.8 Å². The van der Waals surface area contributed by atoms with Crippen LogP contribution in [-0.4, -0.2) is 54.4 Å². The Morgan fingerprint density at radius 1 is 1.10 bits per heavy atom. The molecule has 1 aromatic heterocycles. The van der Waals surface area contributed by atoms with E-state index in [9.17, 15) is 4.79 Å². The van der Waals surface area contributed by atoms with E-state index in [1.807, 2.05) is 48.5 Å². The van der Waals surface area contributed by atoms with Crippen molar-refractivity contribution in [2.24, 2.45) is 0 Å². The van der Waals surface area contributed by atoms with E-state index in [0.29, 0.717) is 44.3 Å². The average molecular weight is 405 g/mol. The first-order chi connectivity index (χ1) is 14.7. The van der Waals surface area contributed by atoms with Crippen molar-refractivity contribution in [2.45, 2.75) is 12.0 Å². The number of ether oxygens (including phenoxy) is 3. The van der Waals surface area contributed by atoms with E-state index >= 15 is 0 Å². The summed E-state index contributed by atoms with van der Waals surface area (Å²) in [5.41, 5.74) is 1.12. The monoisotopic (exact) mass is 405 g/mol. The van der Waals surface area contributed by atoms with Crippen molar-refractivity contribution in [3.63, 3.8) is 0 Å². The van der Waals surface area contributed by atoms with Gasteiger partial charge in [0.15, 0.2) is 0 Å². The molecule has 2 aliphatic heterocycles. The second-order valence-electron chi connectivity index (χ2n) is 7.64. The number of aromatic nitrogens is 1. The summed E-state index contributed by atoms with van der Waals surface area (Å²) in [6, 6.07) is 16.9. The summed E-state index contributed by atoms with van der Waals surface area (Å²) in [4.78, 5) is 19.2. The van der Waals surface area contributed by atoms with Crippen molar-refractivity contribution in [2.75, 3.05) is 38.2 Å². The zero-order chi connectivity index (χ0) is 20.4. The van der Waals surface area contributed by atoms with Crippen LogP contribution in [-0.2, 0) is 9.47 Å². The number of morpholine rings is 1. The molecule has 1 unspecified atom stereocenters. The molecule has 1 N–H and O–H groups in total. The highest BCUT2D eigenvalue weighted by Crippen LogP contribution is 2.30. The number of para-hydroxylation sites is 1. The van der Waals surface area contributed by atoms with Crippen molar-refractivity contribution < 1.29 is 19.0 Å². The van der Waals surface area contributed by atoms with Gasteiger partial charge in [0.1, 0.15) is 17.1 Å². The fourth-order valence-electron chi connectivity index (χ4n) is 3.96. The molecule has 5 rings (SSSR count). The highest BCUT2D eigenvalue weighted by Gasteiger charge is 2.41. The molecule has 2 aliphatic rings. The van der Waals surface area contributed by atoms with Crippen molar-refractivity contribution in [1.29, 1.82) is 0 Å². The predicted octanol–water partition coefficient (Wildman–Crippen LogP) is 4.05. The third-order valence-corrected chi connectivity index (χ3v) is 5.54. The van der Waals surface area contributed by atoms with E-state index in [1.54, 1.807) is 17.2 Å². The van der Waals surface area contributed by atoms with Crippen LogP contribution in [0.25, 0.3) is 10.9 Å². The fourth-order valence-corrected chi connectivity index (χ4v) is 3.96. The Balaban J connectivity index is 1.37. The molecular weight excluding hydrogens is 382 g/mol. The number of carbonyl (C=O) groups excluding carboxylic acids is 1. The van der Waals surface area contributed by atoms with Crippen LogP contribution in [0.5, 0.6) is 11.5 Å². The molecule has 30 heavy (non-hydrogen) atoms. The second-order valence-corrected chi connectivity index (χ2v) is 7.64.